The van der Waals surface area contributed by atoms with Crippen molar-refractivity contribution in [3.05, 3.63) is 30.4 Å². The van der Waals surface area contributed by atoms with Gasteiger partial charge in [-0.05, 0) is 32.9 Å². The summed E-state index contributed by atoms with van der Waals surface area (Å²) in [5, 5.41) is 3.13. The summed E-state index contributed by atoms with van der Waals surface area (Å²) in [6.45, 7) is 11.1. The lowest BCUT2D eigenvalue weighted by Crippen LogP contribution is -2.15. The van der Waals surface area contributed by atoms with Crippen LogP contribution >= 0.6 is 0 Å². The molecule has 0 fully saturated rings. The maximum atomic E-state index is 11.5. The van der Waals surface area contributed by atoms with Crippen LogP contribution in [0.4, 0.5) is 5.69 Å². The maximum absolute atomic E-state index is 11.5. The van der Waals surface area contributed by atoms with E-state index in [2.05, 4.69) is 11.9 Å². The van der Waals surface area contributed by atoms with Crippen molar-refractivity contribution in [3.63, 3.8) is 0 Å². The van der Waals surface area contributed by atoms with Crippen LogP contribution in [0.2, 0.25) is 0 Å². The Labute approximate surface area is 125 Å². The number of carbonyl (C=O) groups excluding carboxylic acids is 1. The highest BCUT2D eigenvalue weighted by atomic mass is 16.5. The van der Waals surface area contributed by atoms with Crippen molar-refractivity contribution in [2.24, 2.45) is 0 Å². The Hall–Kier alpha value is -2.17. The van der Waals surface area contributed by atoms with Crippen LogP contribution in [0.1, 0.15) is 20.8 Å². The summed E-state index contributed by atoms with van der Waals surface area (Å²) >= 11 is 0. The highest BCUT2D eigenvalue weighted by molar-refractivity contribution is 5.88. The average molecular weight is 293 g/mol. The standard InChI is InChI=1S/C16H23NO4/c1-5-19-13-8-9-15(20-6-2)14(10-13)17-11-12(4)16(18)21-7-3/h8-10,17H,4-7,11H2,1-3H3. The quantitative estimate of drug-likeness (QED) is 0.560. The van der Waals surface area contributed by atoms with E-state index in [0.717, 1.165) is 11.4 Å². The molecule has 5 nitrogen and oxygen atoms in total. The summed E-state index contributed by atoms with van der Waals surface area (Å²) in [5.41, 5.74) is 1.12. The third kappa shape index (κ3) is 5.38. The fourth-order valence-corrected chi connectivity index (χ4v) is 1.69. The van der Waals surface area contributed by atoms with Crippen molar-refractivity contribution >= 4 is 11.7 Å². The largest absolute Gasteiger partial charge is 0.494 e. The minimum atomic E-state index is -0.399. The first kappa shape index (κ1) is 16.9. The second-order valence-corrected chi connectivity index (χ2v) is 4.20. The number of carbonyl (C=O) groups is 1. The molecule has 1 N–H and O–H groups in total. The zero-order chi connectivity index (χ0) is 15.7. The molecule has 0 bridgehead atoms. The van der Waals surface area contributed by atoms with E-state index in [9.17, 15) is 4.79 Å². The minimum Gasteiger partial charge on any atom is -0.494 e. The first-order chi connectivity index (χ1) is 10.1. The van der Waals surface area contributed by atoms with E-state index >= 15 is 0 Å². The average Bonchev–Trinajstić information content (AvgIpc) is 2.47. The number of ether oxygens (including phenoxy) is 3. The predicted octanol–water partition coefficient (Wildman–Crippen LogP) is 3.02. The number of hydrogen-bond donors (Lipinski definition) is 1. The molecule has 0 atom stereocenters. The van der Waals surface area contributed by atoms with Gasteiger partial charge >= 0.3 is 5.97 Å². The minimum absolute atomic E-state index is 0.286. The molecule has 0 saturated heterocycles. The highest BCUT2D eigenvalue weighted by Crippen LogP contribution is 2.29. The fraction of sp³-hybridized carbons (Fsp3) is 0.438. The first-order valence-electron chi connectivity index (χ1n) is 7.10. The lowest BCUT2D eigenvalue weighted by molar-refractivity contribution is -0.138. The summed E-state index contributed by atoms with van der Waals surface area (Å²) in [4.78, 5) is 11.5. The molecule has 0 amide bonds. The summed E-state index contributed by atoms with van der Waals surface area (Å²) in [6.07, 6.45) is 0. The predicted molar refractivity (Wildman–Crippen MR) is 83.0 cm³/mol. The van der Waals surface area contributed by atoms with E-state index in [4.69, 9.17) is 14.2 Å². The molecule has 0 aliphatic rings. The third-order valence-electron chi connectivity index (χ3n) is 2.62. The molecular weight excluding hydrogens is 270 g/mol. The van der Waals surface area contributed by atoms with Gasteiger partial charge in [0.1, 0.15) is 11.5 Å². The lowest BCUT2D eigenvalue weighted by atomic mass is 10.2. The normalized spacial score (nSPS) is 9.86. The van der Waals surface area contributed by atoms with Gasteiger partial charge < -0.3 is 19.5 Å². The molecule has 0 spiro atoms. The van der Waals surface area contributed by atoms with Crippen LogP contribution in [-0.4, -0.2) is 32.3 Å². The first-order valence-corrected chi connectivity index (χ1v) is 7.10. The van der Waals surface area contributed by atoms with Crippen molar-refractivity contribution in [1.82, 2.24) is 0 Å². The van der Waals surface area contributed by atoms with E-state index in [-0.39, 0.29) is 6.54 Å². The second-order valence-electron chi connectivity index (χ2n) is 4.20. The van der Waals surface area contributed by atoms with Crippen LogP contribution in [0.3, 0.4) is 0 Å². The number of rotatable bonds is 9. The lowest BCUT2D eigenvalue weighted by Gasteiger charge is -2.14. The Balaban J connectivity index is 2.76. The van der Waals surface area contributed by atoms with Crippen molar-refractivity contribution in [3.8, 4) is 11.5 Å². The number of nitrogens with one attached hydrogen (secondary N) is 1. The van der Waals surface area contributed by atoms with Gasteiger partial charge in [0, 0.05) is 18.2 Å². The van der Waals surface area contributed by atoms with Gasteiger partial charge in [-0.25, -0.2) is 4.79 Å². The van der Waals surface area contributed by atoms with Crippen molar-refractivity contribution in [1.29, 1.82) is 0 Å². The van der Waals surface area contributed by atoms with Gasteiger partial charge in [0.25, 0.3) is 0 Å². The molecular formula is C16H23NO4. The van der Waals surface area contributed by atoms with Crippen LogP contribution in [-0.2, 0) is 9.53 Å². The van der Waals surface area contributed by atoms with E-state index in [1.165, 1.54) is 0 Å². The topological polar surface area (TPSA) is 56.8 Å². The van der Waals surface area contributed by atoms with Gasteiger partial charge in [0.05, 0.1) is 25.5 Å². The van der Waals surface area contributed by atoms with Gasteiger partial charge in [-0.1, -0.05) is 6.58 Å². The second kappa shape index (κ2) is 8.89. The Morgan fingerprint density at radius 3 is 2.48 bits per heavy atom. The smallest absolute Gasteiger partial charge is 0.335 e. The molecule has 0 aliphatic carbocycles. The highest BCUT2D eigenvalue weighted by Gasteiger charge is 2.10. The van der Waals surface area contributed by atoms with Crippen LogP contribution in [0.15, 0.2) is 30.4 Å². The molecule has 1 rings (SSSR count). The van der Waals surface area contributed by atoms with Crippen molar-refractivity contribution in [2.45, 2.75) is 20.8 Å². The van der Waals surface area contributed by atoms with Gasteiger partial charge in [-0.2, -0.15) is 0 Å². The SMILES string of the molecule is C=C(CNc1cc(OCC)ccc1OCC)C(=O)OCC. The van der Waals surface area contributed by atoms with Crippen LogP contribution in [0.25, 0.3) is 0 Å². The molecule has 1 aromatic carbocycles. The molecule has 0 aliphatic heterocycles. The third-order valence-corrected chi connectivity index (χ3v) is 2.62. The van der Waals surface area contributed by atoms with Crippen molar-refractivity contribution in [2.75, 3.05) is 31.7 Å². The fourth-order valence-electron chi connectivity index (χ4n) is 1.69. The molecule has 0 heterocycles. The van der Waals surface area contributed by atoms with Crippen LogP contribution in [0.5, 0.6) is 11.5 Å². The van der Waals surface area contributed by atoms with E-state index in [0.29, 0.717) is 31.1 Å². The zero-order valence-electron chi connectivity index (χ0n) is 12.9. The molecule has 0 aromatic heterocycles. The number of hydrogen-bond acceptors (Lipinski definition) is 5. The molecule has 0 saturated carbocycles. The van der Waals surface area contributed by atoms with E-state index in [1.54, 1.807) is 6.92 Å². The number of anilines is 1. The van der Waals surface area contributed by atoms with Gasteiger partial charge in [0.2, 0.25) is 0 Å². The van der Waals surface area contributed by atoms with E-state index < -0.39 is 5.97 Å². The van der Waals surface area contributed by atoms with Crippen LogP contribution < -0.4 is 14.8 Å². The Kier molecular flexibility index (Phi) is 7.15. The molecule has 0 radical (unpaired) electrons. The van der Waals surface area contributed by atoms with Crippen LogP contribution in [0, 0.1) is 0 Å². The zero-order valence-corrected chi connectivity index (χ0v) is 12.9. The summed E-state index contributed by atoms with van der Waals surface area (Å²) in [5.74, 6) is 1.05. The molecule has 0 unspecified atom stereocenters. The molecule has 1 aromatic rings. The summed E-state index contributed by atoms with van der Waals surface area (Å²) in [7, 11) is 0. The summed E-state index contributed by atoms with van der Waals surface area (Å²) < 4.78 is 15.9. The Bertz CT molecular complexity index is 485. The summed E-state index contributed by atoms with van der Waals surface area (Å²) in [6, 6.07) is 5.52. The van der Waals surface area contributed by atoms with Crippen molar-refractivity contribution < 1.29 is 19.0 Å². The number of esters is 1. The maximum Gasteiger partial charge on any atom is 0.335 e. The monoisotopic (exact) mass is 293 g/mol. The van der Waals surface area contributed by atoms with E-state index in [1.807, 2.05) is 32.0 Å². The Morgan fingerprint density at radius 1 is 1.14 bits per heavy atom. The molecule has 21 heavy (non-hydrogen) atoms. The van der Waals surface area contributed by atoms with Gasteiger partial charge in [0.15, 0.2) is 0 Å². The van der Waals surface area contributed by atoms with Gasteiger partial charge in [-0.15, -0.1) is 0 Å². The van der Waals surface area contributed by atoms with Gasteiger partial charge in [-0.3, -0.25) is 0 Å². The molecule has 116 valence electrons. The molecule has 5 heteroatoms. The Morgan fingerprint density at radius 2 is 1.86 bits per heavy atom. The number of benzene rings is 1.